The van der Waals surface area contributed by atoms with Gasteiger partial charge in [-0.2, -0.15) is 5.10 Å². The number of hydrogen-bond acceptors (Lipinski definition) is 6. The molecule has 1 amide bonds. The van der Waals surface area contributed by atoms with Crippen LogP contribution >= 0.6 is 11.3 Å². The summed E-state index contributed by atoms with van der Waals surface area (Å²) in [5, 5.41) is 6.76. The molecule has 0 saturated carbocycles. The van der Waals surface area contributed by atoms with Crippen molar-refractivity contribution in [2.75, 3.05) is 32.7 Å². The van der Waals surface area contributed by atoms with E-state index in [-0.39, 0.29) is 5.91 Å². The fourth-order valence-electron chi connectivity index (χ4n) is 3.45. The van der Waals surface area contributed by atoms with Gasteiger partial charge in [-0.25, -0.2) is 4.68 Å². The van der Waals surface area contributed by atoms with Gasteiger partial charge in [0.15, 0.2) is 5.71 Å². The number of methoxy groups -OCH3 is 2. The lowest BCUT2D eigenvalue weighted by Crippen LogP contribution is -2.27. The van der Waals surface area contributed by atoms with Crippen molar-refractivity contribution in [3.63, 3.8) is 0 Å². The van der Waals surface area contributed by atoms with Gasteiger partial charge >= 0.3 is 0 Å². The number of rotatable bonds is 6. The van der Waals surface area contributed by atoms with Gasteiger partial charge in [0.25, 0.3) is 5.91 Å². The van der Waals surface area contributed by atoms with E-state index in [0.717, 1.165) is 28.1 Å². The molecule has 0 unspecified atom stereocenters. The molecule has 1 aliphatic heterocycles. The van der Waals surface area contributed by atoms with E-state index in [1.54, 1.807) is 30.8 Å². The quantitative estimate of drug-likeness (QED) is 0.537. The second-order valence-corrected chi connectivity index (χ2v) is 8.22. The standard InChI is InChI=1S/C24H24N4O3S/c1-15(2)13-25-24-28(26-22-18-8-6-7-9-19(18)27(3)23(22)29)20(14-32-24)17-11-10-16(30-4)12-21(17)31-5/h6-12,14H,1,13H2,2-5H3. The summed E-state index contributed by atoms with van der Waals surface area (Å²) in [6.45, 7) is 6.33. The van der Waals surface area contributed by atoms with Crippen molar-refractivity contribution in [3.8, 4) is 22.8 Å². The van der Waals surface area contributed by atoms with Crippen molar-refractivity contribution < 1.29 is 14.3 Å². The van der Waals surface area contributed by atoms with Gasteiger partial charge in [-0.05, 0) is 25.1 Å². The topological polar surface area (TPSA) is 68.4 Å². The van der Waals surface area contributed by atoms with Crippen LogP contribution in [0.4, 0.5) is 5.69 Å². The molecule has 0 spiro atoms. The molecular formula is C24H24N4O3S. The summed E-state index contributed by atoms with van der Waals surface area (Å²) in [5.41, 5.74) is 4.50. The van der Waals surface area contributed by atoms with Gasteiger partial charge < -0.3 is 14.4 Å². The van der Waals surface area contributed by atoms with Gasteiger partial charge in [-0.15, -0.1) is 11.3 Å². The zero-order chi connectivity index (χ0) is 22.8. The molecule has 0 fully saturated rings. The Bertz CT molecular complexity index is 1300. The Morgan fingerprint density at radius 3 is 2.62 bits per heavy atom. The molecule has 2 heterocycles. The number of nitrogens with zero attached hydrogens (tertiary/aromatic N) is 4. The third kappa shape index (κ3) is 3.85. The van der Waals surface area contributed by atoms with Crippen LogP contribution in [-0.2, 0) is 4.79 Å². The molecule has 1 aliphatic rings. The molecule has 0 saturated heterocycles. The molecule has 8 heteroatoms. The van der Waals surface area contributed by atoms with Crippen LogP contribution in [-0.4, -0.2) is 44.1 Å². The molecule has 164 valence electrons. The first kappa shape index (κ1) is 21.6. The highest BCUT2D eigenvalue weighted by Crippen LogP contribution is 2.34. The van der Waals surface area contributed by atoms with E-state index in [0.29, 0.717) is 28.6 Å². The van der Waals surface area contributed by atoms with E-state index in [1.165, 1.54) is 11.3 Å². The van der Waals surface area contributed by atoms with Crippen LogP contribution < -0.4 is 19.2 Å². The van der Waals surface area contributed by atoms with E-state index < -0.39 is 0 Å². The smallest absolute Gasteiger partial charge is 0.279 e. The Labute approximate surface area is 190 Å². The van der Waals surface area contributed by atoms with Gasteiger partial charge in [0, 0.05) is 29.6 Å². The number of carbonyl (C=O) groups is 1. The number of aromatic nitrogens is 1. The van der Waals surface area contributed by atoms with Crippen molar-refractivity contribution in [1.82, 2.24) is 4.68 Å². The maximum Gasteiger partial charge on any atom is 0.279 e. The van der Waals surface area contributed by atoms with Crippen LogP contribution in [0.3, 0.4) is 0 Å². The zero-order valence-electron chi connectivity index (χ0n) is 18.5. The Balaban J connectivity index is 1.95. The van der Waals surface area contributed by atoms with Gasteiger partial charge in [0.1, 0.15) is 11.5 Å². The van der Waals surface area contributed by atoms with Crippen molar-refractivity contribution >= 4 is 28.6 Å². The Hall–Kier alpha value is -3.65. The number of likely N-dealkylation sites (N-methyl/N-ethyl adjacent to an activating group) is 1. The minimum atomic E-state index is -0.164. The number of thiazole rings is 1. The van der Waals surface area contributed by atoms with Crippen LogP contribution in [0.5, 0.6) is 11.5 Å². The molecule has 4 rings (SSSR count). The summed E-state index contributed by atoms with van der Waals surface area (Å²) < 4.78 is 12.7. The molecule has 32 heavy (non-hydrogen) atoms. The first-order chi connectivity index (χ1) is 15.4. The molecule has 0 atom stereocenters. The second kappa shape index (κ2) is 8.84. The van der Waals surface area contributed by atoms with Crippen molar-refractivity contribution in [2.45, 2.75) is 6.92 Å². The molecular weight excluding hydrogens is 424 g/mol. The van der Waals surface area contributed by atoms with Crippen LogP contribution in [0, 0.1) is 0 Å². The summed E-state index contributed by atoms with van der Waals surface area (Å²) in [7, 11) is 4.97. The highest BCUT2D eigenvalue weighted by Gasteiger charge is 2.31. The third-order valence-corrected chi connectivity index (χ3v) is 5.94. The molecule has 0 N–H and O–H groups in total. The molecule has 2 aromatic carbocycles. The second-order valence-electron chi connectivity index (χ2n) is 7.38. The normalized spacial score (nSPS) is 14.8. The van der Waals surface area contributed by atoms with Crippen molar-refractivity contribution in [2.24, 2.45) is 10.1 Å². The summed E-state index contributed by atoms with van der Waals surface area (Å²) in [4.78, 5) is 20.0. The number of benzene rings is 2. The number of amides is 1. The number of carbonyl (C=O) groups excluding carboxylic acids is 1. The van der Waals surface area contributed by atoms with Crippen LogP contribution in [0.15, 0.2) is 70.1 Å². The summed E-state index contributed by atoms with van der Waals surface area (Å²) in [5.74, 6) is 1.16. The number of ether oxygens (including phenoxy) is 2. The lowest BCUT2D eigenvalue weighted by molar-refractivity contribution is -0.112. The molecule has 7 nitrogen and oxygen atoms in total. The van der Waals surface area contributed by atoms with Crippen LogP contribution in [0.2, 0.25) is 0 Å². The number of anilines is 1. The highest BCUT2D eigenvalue weighted by atomic mass is 32.1. The van der Waals surface area contributed by atoms with E-state index in [1.807, 2.05) is 54.8 Å². The molecule has 1 aromatic heterocycles. The average Bonchev–Trinajstić information content (AvgIpc) is 3.31. The molecule has 0 bridgehead atoms. The fourth-order valence-corrected chi connectivity index (χ4v) is 4.27. The highest BCUT2D eigenvalue weighted by molar-refractivity contribution is 7.07. The Morgan fingerprint density at radius 2 is 1.91 bits per heavy atom. The predicted molar refractivity (Wildman–Crippen MR) is 128 cm³/mol. The van der Waals surface area contributed by atoms with Crippen LogP contribution in [0.1, 0.15) is 12.5 Å². The summed E-state index contributed by atoms with van der Waals surface area (Å²) in [6.07, 6.45) is 0. The first-order valence-corrected chi connectivity index (χ1v) is 10.9. The number of para-hydroxylation sites is 1. The van der Waals surface area contributed by atoms with Crippen molar-refractivity contribution in [3.05, 3.63) is 70.4 Å². The largest absolute Gasteiger partial charge is 0.497 e. The van der Waals surface area contributed by atoms with Gasteiger partial charge in [0.05, 0.1) is 32.1 Å². The lowest BCUT2D eigenvalue weighted by Gasteiger charge is -2.11. The molecule has 3 aromatic rings. The Morgan fingerprint density at radius 1 is 1.12 bits per heavy atom. The SMILES string of the molecule is C=C(C)CN=c1scc(-c2ccc(OC)cc2OC)n1N=C1C(=O)N(C)c2ccccc21. The maximum atomic E-state index is 13.0. The van der Waals surface area contributed by atoms with E-state index >= 15 is 0 Å². The average molecular weight is 449 g/mol. The van der Waals surface area contributed by atoms with E-state index in [2.05, 4.69) is 11.6 Å². The summed E-state index contributed by atoms with van der Waals surface area (Å²) in [6, 6.07) is 13.2. The third-order valence-electron chi connectivity index (χ3n) is 5.08. The molecule has 0 radical (unpaired) electrons. The van der Waals surface area contributed by atoms with E-state index in [4.69, 9.17) is 14.6 Å². The summed E-state index contributed by atoms with van der Waals surface area (Å²) >= 11 is 1.45. The molecule has 0 aliphatic carbocycles. The van der Waals surface area contributed by atoms with Gasteiger partial charge in [-0.1, -0.05) is 30.4 Å². The minimum absolute atomic E-state index is 0.164. The fraction of sp³-hybridized carbons (Fsp3) is 0.208. The predicted octanol–water partition coefficient (Wildman–Crippen LogP) is 3.94. The number of hydrogen-bond donors (Lipinski definition) is 0. The van der Waals surface area contributed by atoms with Gasteiger partial charge in [0.2, 0.25) is 4.80 Å². The zero-order valence-corrected chi connectivity index (χ0v) is 19.3. The maximum absolute atomic E-state index is 13.0. The van der Waals surface area contributed by atoms with Gasteiger partial charge in [-0.3, -0.25) is 9.79 Å². The first-order valence-electron chi connectivity index (χ1n) is 9.98. The number of fused-ring (bicyclic) bond motifs is 1. The van der Waals surface area contributed by atoms with E-state index in [9.17, 15) is 4.79 Å². The lowest BCUT2D eigenvalue weighted by atomic mass is 10.1. The van der Waals surface area contributed by atoms with Crippen LogP contribution in [0.25, 0.3) is 11.3 Å². The Kier molecular flexibility index (Phi) is 5.96. The monoisotopic (exact) mass is 448 g/mol. The van der Waals surface area contributed by atoms with Crippen molar-refractivity contribution in [1.29, 1.82) is 0 Å². The minimum Gasteiger partial charge on any atom is -0.497 e.